The van der Waals surface area contributed by atoms with Crippen molar-refractivity contribution in [3.05, 3.63) is 71.3 Å². The van der Waals surface area contributed by atoms with Gasteiger partial charge in [0.2, 0.25) is 0 Å². The maximum atomic E-state index is 6.31. The minimum absolute atomic E-state index is 0.658. The molecule has 2 heterocycles. The lowest BCUT2D eigenvalue weighted by Crippen LogP contribution is -2.05. The SMILES string of the molecule is Cc1ccc(CNc2cccc(Cl)c2-n2cccn2)cn1. The minimum atomic E-state index is 0.658. The normalized spacial score (nSPS) is 10.6. The molecule has 0 unspecified atom stereocenters. The first-order valence-electron chi connectivity index (χ1n) is 6.68. The molecule has 4 nitrogen and oxygen atoms in total. The summed E-state index contributed by atoms with van der Waals surface area (Å²) in [6.07, 6.45) is 5.48. The van der Waals surface area contributed by atoms with Crippen LogP contribution in [0.4, 0.5) is 5.69 Å². The van der Waals surface area contributed by atoms with Gasteiger partial charge in [-0.15, -0.1) is 0 Å². The Kier molecular flexibility index (Phi) is 3.88. The van der Waals surface area contributed by atoms with E-state index < -0.39 is 0 Å². The fraction of sp³-hybridized carbons (Fsp3) is 0.125. The molecule has 3 rings (SSSR count). The fourth-order valence-corrected chi connectivity index (χ4v) is 2.35. The number of rotatable bonds is 4. The van der Waals surface area contributed by atoms with Crippen LogP contribution in [0.5, 0.6) is 0 Å². The first kappa shape index (κ1) is 13.6. The molecule has 0 saturated carbocycles. The lowest BCUT2D eigenvalue weighted by Gasteiger charge is -2.13. The van der Waals surface area contributed by atoms with Crippen LogP contribution in [0.3, 0.4) is 0 Å². The standard InChI is InChI=1S/C16H15ClN4/c1-12-6-7-13(10-18-12)11-19-15-5-2-4-14(17)16(15)21-9-3-8-20-21/h2-10,19H,11H2,1H3. The van der Waals surface area contributed by atoms with E-state index in [-0.39, 0.29) is 0 Å². The summed E-state index contributed by atoms with van der Waals surface area (Å²) in [6, 6.07) is 11.7. The van der Waals surface area contributed by atoms with Crippen molar-refractivity contribution in [2.45, 2.75) is 13.5 Å². The number of benzene rings is 1. The average Bonchev–Trinajstić information content (AvgIpc) is 3.00. The van der Waals surface area contributed by atoms with Crippen LogP contribution in [0.15, 0.2) is 55.0 Å². The zero-order chi connectivity index (χ0) is 14.7. The number of anilines is 1. The number of halogens is 1. The van der Waals surface area contributed by atoms with Gasteiger partial charge in [-0.2, -0.15) is 5.10 Å². The third-order valence-corrected chi connectivity index (χ3v) is 3.48. The van der Waals surface area contributed by atoms with Crippen molar-refractivity contribution in [2.75, 3.05) is 5.32 Å². The Balaban J connectivity index is 1.86. The highest BCUT2D eigenvalue weighted by Crippen LogP contribution is 2.28. The zero-order valence-corrected chi connectivity index (χ0v) is 12.4. The number of para-hydroxylation sites is 1. The van der Waals surface area contributed by atoms with Crippen LogP contribution < -0.4 is 5.32 Å². The molecule has 0 spiro atoms. The monoisotopic (exact) mass is 298 g/mol. The summed E-state index contributed by atoms with van der Waals surface area (Å²) in [5.74, 6) is 0. The summed E-state index contributed by atoms with van der Waals surface area (Å²) < 4.78 is 1.76. The Bertz CT molecular complexity index is 721. The molecule has 0 atom stereocenters. The van der Waals surface area contributed by atoms with E-state index in [4.69, 9.17) is 11.6 Å². The number of nitrogens with one attached hydrogen (secondary N) is 1. The maximum absolute atomic E-state index is 6.31. The van der Waals surface area contributed by atoms with Crippen molar-refractivity contribution >= 4 is 17.3 Å². The highest BCUT2D eigenvalue weighted by molar-refractivity contribution is 6.33. The van der Waals surface area contributed by atoms with Gasteiger partial charge in [0.15, 0.2) is 0 Å². The number of pyridine rings is 1. The van der Waals surface area contributed by atoms with Crippen LogP contribution in [-0.4, -0.2) is 14.8 Å². The molecule has 5 heteroatoms. The minimum Gasteiger partial charge on any atom is -0.379 e. The number of nitrogens with zero attached hydrogens (tertiary/aromatic N) is 3. The first-order valence-corrected chi connectivity index (χ1v) is 7.06. The first-order chi connectivity index (χ1) is 10.2. The molecule has 0 fully saturated rings. The second-order valence-electron chi connectivity index (χ2n) is 4.75. The molecule has 1 aromatic carbocycles. The summed E-state index contributed by atoms with van der Waals surface area (Å²) in [4.78, 5) is 4.30. The largest absolute Gasteiger partial charge is 0.379 e. The molecule has 0 radical (unpaired) electrons. The predicted octanol–water partition coefficient (Wildman–Crippen LogP) is 3.84. The number of aryl methyl sites for hydroxylation is 1. The highest BCUT2D eigenvalue weighted by Gasteiger charge is 2.09. The van der Waals surface area contributed by atoms with E-state index in [0.29, 0.717) is 11.6 Å². The second-order valence-corrected chi connectivity index (χ2v) is 5.16. The van der Waals surface area contributed by atoms with Gasteiger partial charge < -0.3 is 5.32 Å². The van der Waals surface area contributed by atoms with E-state index in [1.54, 1.807) is 10.9 Å². The summed E-state index contributed by atoms with van der Waals surface area (Å²) in [6.45, 7) is 2.66. The molecule has 3 aromatic rings. The number of hydrogen-bond donors (Lipinski definition) is 1. The lowest BCUT2D eigenvalue weighted by atomic mass is 10.2. The average molecular weight is 299 g/mol. The smallest absolute Gasteiger partial charge is 0.106 e. The Morgan fingerprint density at radius 2 is 2.10 bits per heavy atom. The van der Waals surface area contributed by atoms with Crippen LogP contribution in [0.2, 0.25) is 5.02 Å². The van der Waals surface area contributed by atoms with E-state index in [9.17, 15) is 0 Å². The molecule has 0 aliphatic carbocycles. The summed E-state index contributed by atoms with van der Waals surface area (Å²) >= 11 is 6.31. The van der Waals surface area contributed by atoms with Crippen LogP contribution in [-0.2, 0) is 6.54 Å². The van der Waals surface area contributed by atoms with Crippen LogP contribution in [0.1, 0.15) is 11.3 Å². The molecule has 0 saturated heterocycles. The topological polar surface area (TPSA) is 42.7 Å². The van der Waals surface area contributed by atoms with Crippen LogP contribution in [0.25, 0.3) is 5.69 Å². The molecular formula is C16H15ClN4. The van der Waals surface area contributed by atoms with Crippen LogP contribution >= 0.6 is 11.6 Å². The number of aromatic nitrogens is 3. The van der Waals surface area contributed by atoms with E-state index in [0.717, 1.165) is 22.6 Å². The third-order valence-electron chi connectivity index (χ3n) is 3.18. The molecule has 2 aromatic heterocycles. The molecular weight excluding hydrogens is 284 g/mol. The van der Waals surface area contributed by atoms with Gasteiger partial charge in [0, 0.05) is 30.8 Å². The van der Waals surface area contributed by atoms with Gasteiger partial charge in [-0.1, -0.05) is 23.7 Å². The highest BCUT2D eigenvalue weighted by atomic mass is 35.5. The van der Waals surface area contributed by atoms with Gasteiger partial charge in [0.25, 0.3) is 0 Å². The van der Waals surface area contributed by atoms with Gasteiger partial charge in [0.05, 0.1) is 10.7 Å². The summed E-state index contributed by atoms with van der Waals surface area (Å²) in [5.41, 5.74) is 3.92. The van der Waals surface area contributed by atoms with Gasteiger partial charge in [-0.05, 0) is 36.8 Å². The number of hydrogen-bond acceptors (Lipinski definition) is 3. The lowest BCUT2D eigenvalue weighted by molar-refractivity contribution is 0.879. The van der Waals surface area contributed by atoms with E-state index in [1.165, 1.54) is 0 Å². The summed E-state index contributed by atoms with van der Waals surface area (Å²) in [5, 5.41) is 8.31. The Hall–Kier alpha value is -2.33. The maximum Gasteiger partial charge on any atom is 0.106 e. The quantitative estimate of drug-likeness (QED) is 0.796. The Labute approximate surface area is 128 Å². The fourth-order valence-electron chi connectivity index (χ4n) is 2.09. The van der Waals surface area contributed by atoms with E-state index in [2.05, 4.69) is 21.5 Å². The summed E-state index contributed by atoms with van der Waals surface area (Å²) in [7, 11) is 0. The Morgan fingerprint density at radius 1 is 1.19 bits per heavy atom. The van der Waals surface area contributed by atoms with E-state index >= 15 is 0 Å². The van der Waals surface area contributed by atoms with Crippen molar-refractivity contribution in [1.82, 2.24) is 14.8 Å². The molecule has 21 heavy (non-hydrogen) atoms. The van der Waals surface area contributed by atoms with Crippen molar-refractivity contribution < 1.29 is 0 Å². The molecule has 0 amide bonds. The van der Waals surface area contributed by atoms with Gasteiger partial charge in [-0.3, -0.25) is 4.98 Å². The van der Waals surface area contributed by atoms with Crippen molar-refractivity contribution in [3.8, 4) is 5.69 Å². The predicted molar refractivity (Wildman–Crippen MR) is 84.9 cm³/mol. The zero-order valence-electron chi connectivity index (χ0n) is 11.6. The molecule has 0 aliphatic heterocycles. The molecule has 1 N–H and O–H groups in total. The van der Waals surface area contributed by atoms with Gasteiger partial charge in [-0.25, -0.2) is 4.68 Å². The van der Waals surface area contributed by atoms with Crippen molar-refractivity contribution in [1.29, 1.82) is 0 Å². The van der Waals surface area contributed by atoms with Gasteiger partial charge >= 0.3 is 0 Å². The molecule has 0 aliphatic rings. The van der Waals surface area contributed by atoms with Gasteiger partial charge in [0.1, 0.15) is 5.69 Å². The molecule has 0 bridgehead atoms. The van der Waals surface area contributed by atoms with Crippen molar-refractivity contribution in [3.63, 3.8) is 0 Å². The third kappa shape index (κ3) is 3.06. The van der Waals surface area contributed by atoms with Crippen LogP contribution in [0, 0.1) is 6.92 Å². The molecule has 106 valence electrons. The second kappa shape index (κ2) is 5.97. The van der Waals surface area contributed by atoms with E-state index in [1.807, 2.05) is 49.6 Å². The Morgan fingerprint density at radius 3 is 2.81 bits per heavy atom. The van der Waals surface area contributed by atoms with Crippen molar-refractivity contribution in [2.24, 2.45) is 0 Å².